The molecule has 1 aliphatic rings. The molecule has 0 bridgehead atoms. The van der Waals surface area contributed by atoms with Crippen molar-refractivity contribution in [1.82, 2.24) is 5.32 Å². The first-order valence-electron chi connectivity index (χ1n) is 4.20. The summed E-state index contributed by atoms with van der Waals surface area (Å²) in [5.41, 5.74) is 0. The number of amides is 1. The van der Waals surface area contributed by atoms with Crippen LogP contribution in [0.25, 0.3) is 0 Å². The van der Waals surface area contributed by atoms with Crippen LogP contribution in [0.1, 0.15) is 26.2 Å². The number of β-lactam (4-membered cyclic amide) rings is 1. The van der Waals surface area contributed by atoms with Gasteiger partial charge in [-0.2, -0.15) is 0 Å². The predicted molar refractivity (Wildman–Crippen MR) is 42.4 cm³/mol. The molecule has 4 heteroatoms. The fraction of sp³-hybridized carbons (Fsp3) is 0.750. The minimum Gasteiger partial charge on any atom is -0.464 e. The van der Waals surface area contributed by atoms with E-state index in [9.17, 15) is 9.59 Å². The molecule has 1 rings (SSSR count). The second kappa shape index (κ2) is 4.09. The molecule has 0 aliphatic carbocycles. The molecule has 1 amide bonds. The second-order valence-corrected chi connectivity index (χ2v) is 2.85. The Hall–Kier alpha value is -1.06. The highest BCUT2D eigenvalue weighted by Crippen LogP contribution is 2.06. The molecule has 4 nitrogen and oxygen atoms in total. The topological polar surface area (TPSA) is 55.4 Å². The summed E-state index contributed by atoms with van der Waals surface area (Å²) in [5, 5.41) is 2.46. The summed E-state index contributed by atoms with van der Waals surface area (Å²) < 4.78 is 4.88. The molecule has 0 radical (unpaired) electrons. The monoisotopic (exact) mass is 171 g/mol. The Bertz CT molecular complexity index is 183. The number of esters is 1. The van der Waals surface area contributed by atoms with Gasteiger partial charge in [0.05, 0.1) is 13.0 Å². The van der Waals surface area contributed by atoms with Crippen LogP contribution in [-0.4, -0.2) is 24.5 Å². The van der Waals surface area contributed by atoms with Crippen molar-refractivity contribution in [1.29, 1.82) is 0 Å². The number of nitrogens with one attached hydrogen (secondary N) is 1. The van der Waals surface area contributed by atoms with Crippen molar-refractivity contribution < 1.29 is 14.3 Å². The van der Waals surface area contributed by atoms with E-state index in [1.54, 1.807) is 0 Å². The number of unbranched alkanes of at least 4 members (excludes halogenated alkanes) is 1. The Balaban J connectivity index is 2.08. The lowest BCUT2D eigenvalue weighted by atomic mass is 10.1. The molecule has 0 aromatic heterocycles. The number of carbonyl (C=O) groups excluding carboxylic acids is 2. The van der Waals surface area contributed by atoms with Crippen LogP contribution >= 0.6 is 0 Å². The second-order valence-electron chi connectivity index (χ2n) is 2.85. The van der Waals surface area contributed by atoms with Crippen molar-refractivity contribution in [2.45, 2.75) is 32.2 Å². The third-order valence-corrected chi connectivity index (χ3v) is 1.75. The first-order valence-corrected chi connectivity index (χ1v) is 4.20. The van der Waals surface area contributed by atoms with E-state index in [0.717, 1.165) is 12.8 Å². The number of ether oxygens (including phenoxy) is 1. The molecule has 0 aromatic carbocycles. The van der Waals surface area contributed by atoms with Gasteiger partial charge in [-0.05, 0) is 6.42 Å². The zero-order valence-corrected chi connectivity index (χ0v) is 7.13. The molecule has 1 aliphatic heterocycles. The standard InChI is InChI=1S/C8H13NO3/c1-2-3-4-12-8(11)6-5-7(10)9-6/h6H,2-5H2,1H3,(H,9,10)/t6-/m0/s1. The van der Waals surface area contributed by atoms with Gasteiger partial charge < -0.3 is 10.1 Å². The maximum Gasteiger partial charge on any atom is 0.329 e. The van der Waals surface area contributed by atoms with Crippen molar-refractivity contribution >= 4 is 11.9 Å². The first-order chi connectivity index (χ1) is 5.74. The Morgan fingerprint density at radius 3 is 2.92 bits per heavy atom. The first kappa shape index (κ1) is 9.03. The van der Waals surface area contributed by atoms with Crippen molar-refractivity contribution in [2.24, 2.45) is 0 Å². The van der Waals surface area contributed by atoms with Crippen LogP contribution in [0.5, 0.6) is 0 Å². The smallest absolute Gasteiger partial charge is 0.329 e. The largest absolute Gasteiger partial charge is 0.464 e. The van der Waals surface area contributed by atoms with E-state index < -0.39 is 0 Å². The Morgan fingerprint density at radius 1 is 1.75 bits per heavy atom. The maximum atomic E-state index is 11.0. The Morgan fingerprint density at radius 2 is 2.42 bits per heavy atom. The molecule has 0 unspecified atom stereocenters. The van der Waals surface area contributed by atoms with E-state index in [2.05, 4.69) is 5.32 Å². The van der Waals surface area contributed by atoms with Gasteiger partial charge in [0, 0.05) is 0 Å². The number of hydrogen-bond donors (Lipinski definition) is 1. The summed E-state index contributed by atoms with van der Waals surface area (Å²) in [6, 6.07) is -0.380. The van der Waals surface area contributed by atoms with Gasteiger partial charge in [0.2, 0.25) is 5.91 Å². The summed E-state index contributed by atoms with van der Waals surface area (Å²) in [6.07, 6.45) is 2.17. The molecule has 1 atom stereocenters. The molecule has 1 saturated heterocycles. The van der Waals surface area contributed by atoms with E-state index in [4.69, 9.17) is 4.74 Å². The number of hydrogen-bond acceptors (Lipinski definition) is 3. The molecule has 68 valence electrons. The lowest BCUT2D eigenvalue weighted by Gasteiger charge is -2.24. The highest BCUT2D eigenvalue weighted by Gasteiger charge is 2.32. The Kier molecular flexibility index (Phi) is 3.08. The molecule has 0 spiro atoms. The minimum absolute atomic E-state index is 0.0764. The minimum atomic E-state index is -0.380. The van der Waals surface area contributed by atoms with Crippen LogP contribution in [0.2, 0.25) is 0 Å². The third-order valence-electron chi connectivity index (χ3n) is 1.75. The van der Waals surface area contributed by atoms with E-state index in [1.165, 1.54) is 0 Å². The summed E-state index contributed by atoms with van der Waals surface area (Å²) in [5.74, 6) is -0.379. The van der Waals surface area contributed by atoms with Crippen molar-refractivity contribution in [3.8, 4) is 0 Å². The lowest BCUT2D eigenvalue weighted by molar-refractivity contribution is -0.153. The van der Waals surface area contributed by atoms with Crippen molar-refractivity contribution in [3.05, 3.63) is 0 Å². The van der Waals surface area contributed by atoms with Gasteiger partial charge in [-0.3, -0.25) is 4.79 Å². The molecule has 1 heterocycles. The fourth-order valence-electron chi connectivity index (χ4n) is 0.919. The van der Waals surface area contributed by atoms with Gasteiger partial charge >= 0.3 is 5.97 Å². The zero-order valence-electron chi connectivity index (χ0n) is 7.13. The van der Waals surface area contributed by atoms with Gasteiger partial charge in [-0.15, -0.1) is 0 Å². The molecular formula is C8H13NO3. The molecular weight excluding hydrogens is 158 g/mol. The van der Waals surface area contributed by atoms with Crippen LogP contribution in [-0.2, 0) is 14.3 Å². The van der Waals surface area contributed by atoms with Crippen LogP contribution < -0.4 is 5.32 Å². The molecule has 0 saturated carbocycles. The van der Waals surface area contributed by atoms with Gasteiger partial charge in [0.15, 0.2) is 0 Å². The highest BCUT2D eigenvalue weighted by atomic mass is 16.5. The summed E-state index contributed by atoms with van der Waals surface area (Å²) in [7, 11) is 0. The van der Waals surface area contributed by atoms with Gasteiger partial charge in [-0.1, -0.05) is 13.3 Å². The van der Waals surface area contributed by atoms with Gasteiger partial charge in [-0.25, -0.2) is 4.79 Å². The molecule has 1 N–H and O–H groups in total. The van der Waals surface area contributed by atoms with Crippen LogP contribution in [0.4, 0.5) is 0 Å². The van der Waals surface area contributed by atoms with Crippen molar-refractivity contribution in [3.63, 3.8) is 0 Å². The van der Waals surface area contributed by atoms with E-state index in [0.29, 0.717) is 6.61 Å². The van der Waals surface area contributed by atoms with Crippen LogP contribution in [0.15, 0.2) is 0 Å². The molecule has 1 fully saturated rings. The van der Waals surface area contributed by atoms with Crippen LogP contribution in [0, 0.1) is 0 Å². The van der Waals surface area contributed by atoms with E-state index in [-0.39, 0.29) is 24.3 Å². The quantitative estimate of drug-likeness (QED) is 0.374. The lowest BCUT2D eigenvalue weighted by Crippen LogP contribution is -2.53. The average Bonchev–Trinajstić information content (AvgIpc) is 1.99. The average molecular weight is 171 g/mol. The van der Waals surface area contributed by atoms with Gasteiger partial charge in [0.1, 0.15) is 6.04 Å². The van der Waals surface area contributed by atoms with Gasteiger partial charge in [0.25, 0.3) is 0 Å². The van der Waals surface area contributed by atoms with Crippen LogP contribution in [0.3, 0.4) is 0 Å². The fourth-order valence-corrected chi connectivity index (χ4v) is 0.919. The number of carbonyl (C=O) groups is 2. The third kappa shape index (κ3) is 2.22. The zero-order chi connectivity index (χ0) is 8.97. The summed E-state index contributed by atoms with van der Waals surface area (Å²) in [4.78, 5) is 21.4. The van der Waals surface area contributed by atoms with Crippen molar-refractivity contribution in [2.75, 3.05) is 6.61 Å². The molecule has 0 aromatic rings. The molecule has 12 heavy (non-hydrogen) atoms. The normalized spacial score (nSPS) is 21.1. The summed E-state index contributed by atoms with van der Waals surface area (Å²) in [6.45, 7) is 2.49. The maximum absolute atomic E-state index is 11.0. The summed E-state index contributed by atoms with van der Waals surface area (Å²) >= 11 is 0. The van der Waals surface area contributed by atoms with E-state index in [1.807, 2.05) is 6.92 Å². The predicted octanol–water partition coefficient (Wildman–Crippen LogP) is 0.218. The number of rotatable bonds is 4. The highest BCUT2D eigenvalue weighted by molar-refractivity contribution is 5.94. The SMILES string of the molecule is CCCCOC(=O)[C@@H]1CC(=O)N1. The van der Waals surface area contributed by atoms with E-state index >= 15 is 0 Å². The Labute approximate surface area is 71.3 Å².